The second-order valence-electron chi connectivity index (χ2n) is 5.45. The van der Waals surface area contributed by atoms with Crippen molar-refractivity contribution in [2.75, 3.05) is 12.4 Å². The Morgan fingerprint density at radius 1 is 1.42 bits per heavy atom. The van der Waals surface area contributed by atoms with Gasteiger partial charge in [-0.1, -0.05) is 21.8 Å². The van der Waals surface area contributed by atoms with Crippen molar-refractivity contribution >= 4 is 22.4 Å². The van der Waals surface area contributed by atoms with E-state index >= 15 is 0 Å². The van der Waals surface area contributed by atoms with Gasteiger partial charge >= 0.3 is 0 Å². The Balaban J connectivity index is 1.67. The van der Waals surface area contributed by atoms with E-state index in [1.807, 2.05) is 31.3 Å². The molecule has 1 amide bonds. The highest BCUT2D eigenvalue weighted by Crippen LogP contribution is 2.20. The number of carbonyl (C=O) groups excluding carboxylic acids is 1. The fourth-order valence-electron chi connectivity index (χ4n) is 2.31. The number of nitrogens with one attached hydrogen (secondary N) is 1. The quantitative estimate of drug-likeness (QED) is 0.741. The Labute approximate surface area is 143 Å². The van der Waals surface area contributed by atoms with Crippen LogP contribution in [0, 0.1) is 0 Å². The van der Waals surface area contributed by atoms with Crippen molar-refractivity contribution in [2.45, 2.75) is 19.5 Å². The number of hydrogen-bond acceptors (Lipinski definition) is 7. The van der Waals surface area contributed by atoms with Gasteiger partial charge in [-0.2, -0.15) is 0 Å². The fraction of sp³-hybridized carbons (Fsp3) is 0.250. The van der Waals surface area contributed by atoms with Gasteiger partial charge in [0.2, 0.25) is 0 Å². The molecule has 1 atom stereocenters. The highest BCUT2D eigenvalue weighted by atomic mass is 32.1. The summed E-state index contributed by atoms with van der Waals surface area (Å²) >= 11 is 1.15. The molecule has 0 unspecified atom stereocenters. The molecule has 0 aliphatic heterocycles. The molecule has 0 saturated carbocycles. The minimum Gasteiger partial charge on any atom is -0.364 e. The van der Waals surface area contributed by atoms with Crippen LogP contribution in [0.25, 0.3) is 0 Å². The first-order valence-corrected chi connectivity index (χ1v) is 8.19. The minimum atomic E-state index is -0.171. The van der Waals surface area contributed by atoms with Crippen LogP contribution in [0.2, 0.25) is 0 Å². The van der Waals surface area contributed by atoms with Crippen molar-refractivity contribution in [2.24, 2.45) is 0 Å². The molecule has 3 aromatic rings. The van der Waals surface area contributed by atoms with Gasteiger partial charge in [-0.05, 0) is 31.7 Å². The molecular weight excluding hydrogens is 326 g/mol. The normalized spacial score (nSPS) is 12.3. The topological polar surface area (TPSA) is 84.2 Å². The molecule has 3 rings (SSSR count). The Kier molecular flexibility index (Phi) is 4.97. The van der Waals surface area contributed by atoms with Gasteiger partial charge in [0.15, 0.2) is 0 Å². The number of nitrogens with zero attached hydrogens (tertiary/aromatic N) is 4. The van der Waals surface area contributed by atoms with Crippen LogP contribution in [0.3, 0.4) is 0 Å². The van der Waals surface area contributed by atoms with E-state index in [1.54, 1.807) is 12.3 Å². The zero-order valence-corrected chi connectivity index (χ0v) is 14.2. The van der Waals surface area contributed by atoms with E-state index in [-0.39, 0.29) is 11.9 Å². The van der Waals surface area contributed by atoms with Gasteiger partial charge in [-0.25, -0.2) is 0 Å². The van der Waals surface area contributed by atoms with Crippen LogP contribution in [-0.2, 0) is 6.54 Å². The van der Waals surface area contributed by atoms with Crippen LogP contribution in [0.15, 0.2) is 47.3 Å². The zero-order valence-electron chi connectivity index (χ0n) is 13.3. The monoisotopic (exact) mass is 343 g/mol. The van der Waals surface area contributed by atoms with Gasteiger partial charge in [0.05, 0.1) is 12.2 Å². The first kappa shape index (κ1) is 16.3. The lowest BCUT2D eigenvalue weighted by atomic mass is 10.1. The summed E-state index contributed by atoms with van der Waals surface area (Å²) < 4.78 is 8.62. The number of amides is 1. The fourth-order valence-corrected chi connectivity index (χ4v) is 2.72. The largest absolute Gasteiger partial charge is 0.364 e. The summed E-state index contributed by atoms with van der Waals surface area (Å²) in [5.74, 6) is -0.171. The van der Waals surface area contributed by atoms with E-state index < -0.39 is 0 Å². The van der Waals surface area contributed by atoms with Gasteiger partial charge in [-0.3, -0.25) is 9.69 Å². The molecule has 24 heavy (non-hydrogen) atoms. The van der Waals surface area contributed by atoms with E-state index in [0.717, 1.165) is 22.8 Å². The lowest BCUT2D eigenvalue weighted by Gasteiger charge is -2.23. The molecule has 0 aliphatic carbocycles. The maximum absolute atomic E-state index is 12.3. The summed E-state index contributed by atoms with van der Waals surface area (Å²) in [6, 6.07) is 9.52. The maximum Gasteiger partial charge on any atom is 0.256 e. The highest BCUT2D eigenvalue weighted by molar-refractivity contribution is 7.10. The molecule has 0 radical (unpaired) electrons. The van der Waals surface area contributed by atoms with Crippen LogP contribution in [0.4, 0.5) is 5.00 Å². The summed E-state index contributed by atoms with van der Waals surface area (Å²) in [6.45, 7) is 2.75. The molecule has 7 nitrogen and oxygen atoms in total. The molecule has 124 valence electrons. The van der Waals surface area contributed by atoms with Crippen molar-refractivity contribution in [3.8, 4) is 0 Å². The summed E-state index contributed by atoms with van der Waals surface area (Å²) in [6.07, 6.45) is 3.10. The van der Waals surface area contributed by atoms with E-state index in [2.05, 4.69) is 31.9 Å². The number of rotatable bonds is 6. The number of benzene rings is 1. The molecule has 1 aromatic carbocycles. The van der Waals surface area contributed by atoms with E-state index in [1.165, 1.54) is 6.20 Å². The Bertz CT molecular complexity index is 789. The molecule has 2 aromatic heterocycles. The van der Waals surface area contributed by atoms with Crippen molar-refractivity contribution in [1.82, 2.24) is 19.6 Å². The van der Waals surface area contributed by atoms with E-state index in [4.69, 9.17) is 4.52 Å². The van der Waals surface area contributed by atoms with Crippen LogP contribution >= 0.6 is 11.5 Å². The third-order valence-corrected chi connectivity index (χ3v) is 4.35. The number of carbonyl (C=O) groups is 1. The molecule has 8 heteroatoms. The predicted molar refractivity (Wildman–Crippen MR) is 90.7 cm³/mol. The third kappa shape index (κ3) is 3.84. The average Bonchev–Trinajstić information content (AvgIpc) is 3.28. The second kappa shape index (κ2) is 7.33. The van der Waals surface area contributed by atoms with Gasteiger partial charge in [0.1, 0.15) is 17.0 Å². The maximum atomic E-state index is 12.3. The average molecular weight is 343 g/mol. The van der Waals surface area contributed by atoms with Crippen LogP contribution in [-0.4, -0.2) is 32.6 Å². The van der Waals surface area contributed by atoms with Crippen LogP contribution in [0.5, 0.6) is 0 Å². The third-order valence-electron chi connectivity index (χ3n) is 3.77. The highest BCUT2D eigenvalue weighted by Gasteiger charge is 2.15. The standard InChI is InChI=1S/C16H17N5O2S/c1-11(14-6-7-23-19-14)21(2)10-12-4-3-5-13(8-12)16(22)18-15-9-17-20-24-15/h3-9,11H,10H2,1-2H3,(H,18,22)/t11-/m1/s1. The Morgan fingerprint density at radius 2 is 2.29 bits per heavy atom. The van der Waals surface area contributed by atoms with Crippen molar-refractivity contribution < 1.29 is 9.32 Å². The van der Waals surface area contributed by atoms with Crippen molar-refractivity contribution in [3.05, 3.63) is 59.6 Å². The molecule has 2 heterocycles. The first-order chi connectivity index (χ1) is 11.6. The lowest BCUT2D eigenvalue weighted by Crippen LogP contribution is -2.22. The number of aromatic nitrogens is 3. The molecule has 0 aliphatic rings. The molecular formula is C16H17N5O2S. The lowest BCUT2D eigenvalue weighted by molar-refractivity contribution is 0.102. The molecule has 0 fully saturated rings. The molecule has 0 spiro atoms. The van der Waals surface area contributed by atoms with Gasteiger partial charge in [0.25, 0.3) is 5.91 Å². The zero-order chi connectivity index (χ0) is 16.9. The van der Waals surface area contributed by atoms with E-state index in [9.17, 15) is 4.79 Å². The number of anilines is 1. The summed E-state index contributed by atoms with van der Waals surface area (Å²) in [4.78, 5) is 14.4. The van der Waals surface area contributed by atoms with Gasteiger partial charge in [0, 0.05) is 29.7 Å². The van der Waals surface area contributed by atoms with Gasteiger partial charge < -0.3 is 9.84 Å². The predicted octanol–water partition coefficient (Wildman–Crippen LogP) is 2.97. The van der Waals surface area contributed by atoms with E-state index in [0.29, 0.717) is 17.1 Å². The Morgan fingerprint density at radius 3 is 3.00 bits per heavy atom. The van der Waals surface area contributed by atoms with Crippen LogP contribution in [0.1, 0.15) is 34.6 Å². The summed E-state index contributed by atoms with van der Waals surface area (Å²) in [5, 5.41) is 11.1. The molecule has 0 bridgehead atoms. The first-order valence-electron chi connectivity index (χ1n) is 7.41. The summed E-state index contributed by atoms with van der Waals surface area (Å²) in [7, 11) is 2.01. The minimum absolute atomic E-state index is 0.115. The van der Waals surface area contributed by atoms with Crippen molar-refractivity contribution in [3.63, 3.8) is 0 Å². The van der Waals surface area contributed by atoms with Gasteiger partial charge in [-0.15, -0.1) is 5.10 Å². The second-order valence-corrected chi connectivity index (χ2v) is 6.24. The Hall–Kier alpha value is -2.58. The summed E-state index contributed by atoms with van der Waals surface area (Å²) in [5.41, 5.74) is 2.52. The van der Waals surface area contributed by atoms with Crippen molar-refractivity contribution in [1.29, 1.82) is 0 Å². The SMILES string of the molecule is C[C@H](c1ccon1)N(C)Cc1cccc(C(=O)Nc2cnns2)c1. The molecule has 0 saturated heterocycles. The smallest absolute Gasteiger partial charge is 0.256 e. The van der Waals surface area contributed by atoms with Crippen LogP contribution < -0.4 is 5.32 Å². The molecule has 1 N–H and O–H groups in total. The number of hydrogen-bond donors (Lipinski definition) is 1.